The first-order valence-electron chi connectivity index (χ1n) is 10.3. The van der Waals surface area contributed by atoms with Crippen molar-refractivity contribution in [2.45, 2.75) is 38.5 Å². The lowest BCUT2D eigenvalue weighted by molar-refractivity contribution is -0.126. The normalized spacial score (nSPS) is 16.8. The second-order valence-electron chi connectivity index (χ2n) is 7.89. The summed E-state index contributed by atoms with van der Waals surface area (Å²) in [5, 5.41) is 3.05. The Hall–Kier alpha value is -2.38. The van der Waals surface area contributed by atoms with Gasteiger partial charge in [-0.3, -0.25) is 4.79 Å². The lowest BCUT2D eigenvalue weighted by atomic mass is 9.96. The molecule has 1 atom stereocenters. The third-order valence-corrected chi connectivity index (χ3v) is 7.46. The highest BCUT2D eigenvalue weighted by Crippen LogP contribution is 2.26. The molecule has 0 unspecified atom stereocenters. The lowest BCUT2D eigenvalue weighted by Crippen LogP contribution is -2.43. The molecule has 1 aliphatic rings. The first kappa shape index (κ1) is 22.3. The van der Waals surface area contributed by atoms with Crippen molar-refractivity contribution in [2.24, 2.45) is 5.92 Å². The molecule has 6 nitrogen and oxygen atoms in total. The number of hydrogen-bond donors (Lipinski definition) is 1. The van der Waals surface area contributed by atoms with Crippen molar-refractivity contribution in [1.82, 2.24) is 9.62 Å². The molecular formula is C23H30N2O4S. The van der Waals surface area contributed by atoms with Gasteiger partial charge in [0.15, 0.2) is 0 Å². The van der Waals surface area contributed by atoms with Crippen LogP contribution >= 0.6 is 0 Å². The van der Waals surface area contributed by atoms with Gasteiger partial charge in [-0.05, 0) is 38.3 Å². The van der Waals surface area contributed by atoms with Crippen molar-refractivity contribution in [1.29, 1.82) is 0 Å². The average Bonchev–Trinajstić information content (AvgIpc) is 2.73. The number of sulfonamides is 1. The number of hydrogen-bond acceptors (Lipinski definition) is 4. The van der Waals surface area contributed by atoms with E-state index in [4.69, 9.17) is 4.74 Å². The van der Waals surface area contributed by atoms with E-state index in [1.807, 2.05) is 62.4 Å². The third kappa shape index (κ3) is 5.40. The molecule has 2 aromatic rings. The molecule has 0 bridgehead atoms. The molecule has 0 aliphatic carbocycles. The highest BCUT2D eigenvalue weighted by molar-refractivity contribution is 7.88. The Labute approximate surface area is 179 Å². The highest BCUT2D eigenvalue weighted by Gasteiger charge is 2.31. The molecular weight excluding hydrogens is 400 g/mol. The largest absolute Gasteiger partial charge is 0.496 e. The Balaban J connectivity index is 1.56. The van der Waals surface area contributed by atoms with E-state index in [0.717, 1.165) is 22.4 Å². The van der Waals surface area contributed by atoms with Gasteiger partial charge < -0.3 is 10.1 Å². The number of rotatable bonds is 7. The molecule has 0 spiro atoms. The van der Waals surface area contributed by atoms with Gasteiger partial charge in [0.05, 0.1) is 18.9 Å². The minimum absolute atomic E-state index is 0.00359. The van der Waals surface area contributed by atoms with Crippen LogP contribution in [0.25, 0.3) is 0 Å². The molecule has 1 saturated heterocycles. The molecule has 162 valence electrons. The summed E-state index contributed by atoms with van der Waals surface area (Å²) in [5.41, 5.74) is 2.76. The van der Waals surface area contributed by atoms with Crippen molar-refractivity contribution >= 4 is 15.9 Å². The Bertz CT molecular complexity index is 982. The first-order valence-corrected chi connectivity index (χ1v) is 11.9. The maximum absolute atomic E-state index is 12.8. The Morgan fingerprint density at radius 1 is 1.17 bits per heavy atom. The molecule has 1 aliphatic heterocycles. The topological polar surface area (TPSA) is 75.7 Å². The van der Waals surface area contributed by atoms with Gasteiger partial charge in [0.2, 0.25) is 15.9 Å². The summed E-state index contributed by atoms with van der Waals surface area (Å²) in [7, 11) is -1.78. The van der Waals surface area contributed by atoms with Crippen LogP contribution in [-0.4, -0.2) is 38.8 Å². The molecule has 0 radical (unpaired) electrons. The second-order valence-corrected chi connectivity index (χ2v) is 9.86. The zero-order chi connectivity index (χ0) is 21.7. The Morgan fingerprint density at radius 3 is 2.53 bits per heavy atom. The number of carbonyl (C=O) groups is 1. The van der Waals surface area contributed by atoms with E-state index in [2.05, 4.69) is 5.32 Å². The van der Waals surface area contributed by atoms with Crippen molar-refractivity contribution < 1.29 is 17.9 Å². The van der Waals surface area contributed by atoms with Crippen LogP contribution in [-0.2, 0) is 20.6 Å². The summed E-state index contributed by atoms with van der Waals surface area (Å²) in [5.74, 6) is 0.509. The zero-order valence-corrected chi connectivity index (χ0v) is 18.6. The van der Waals surface area contributed by atoms with Gasteiger partial charge in [-0.25, -0.2) is 12.7 Å². The number of piperidine rings is 1. The minimum atomic E-state index is -3.39. The number of benzene rings is 2. The van der Waals surface area contributed by atoms with Crippen LogP contribution < -0.4 is 10.1 Å². The fraction of sp³-hybridized carbons (Fsp3) is 0.435. The number of nitrogens with zero attached hydrogens (tertiary/aromatic N) is 1. The first-order chi connectivity index (χ1) is 14.3. The number of amides is 1. The van der Waals surface area contributed by atoms with Crippen LogP contribution in [0.5, 0.6) is 5.75 Å². The van der Waals surface area contributed by atoms with Crippen molar-refractivity contribution in [3.05, 3.63) is 65.2 Å². The van der Waals surface area contributed by atoms with Gasteiger partial charge in [0.1, 0.15) is 5.75 Å². The van der Waals surface area contributed by atoms with Crippen LogP contribution in [0.15, 0.2) is 48.5 Å². The summed E-state index contributed by atoms with van der Waals surface area (Å²) >= 11 is 0. The Morgan fingerprint density at radius 2 is 1.87 bits per heavy atom. The predicted molar refractivity (Wildman–Crippen MR) is 118 cm³/mol. The number of carbonyl (C=O) groups excluding carboxylic acids is 1. The molecule has 1 heterocycles. The summed E-state index contributed by atoms with van der Waals surface area (Å²) in [6.07, 6.45) is 1.05. The standard InChI is InChI=1S/C23H30N2O4S/c1-17-7-6-8-19(15-17)16-30(27,28)25-13-11-20(12-14-25)23(26)24-18(2)21-9-4-5-10-22(21)29-3/h4-10,15,18,20H,11-14,16H2,1-3H3,(H,24,26)/t18-/m0/s1. The number of ether oxygens (including phenoxy) is 1. The number of nitrogens with one attached hydrogen (secondary N) is 1. The van der Waals surface area contributed by atoms with Crippen molar-refractivity contribution in [3.63, 3.8) is 0 Å². The van der Waals surface area contributed by atoms with Crippen LogP contribution in [0.2, 0.25) is 0 Å². The molecule has 1 N–H and O–H groups in total. The molecule has 3 rings (SSSR count). The smallest absolute Gasteiger partial charge is 0.223 e. The fourth-order valence-corrected chi connectivity index (χ4v) is 5.48. The maximum atomic E-state index is 12.8. The molecule has 7 heteroatoms. The zero-order valence-electron chi connectivity index (χ0n) is 17.8. The van der Waals surface area contributed by atoms with Crippen LogP contribution in [0, 0.1) is 12.8 Å². The van der Waals surface area contributed by atoms with Crippen molar-refractivity contribution in [3.8, 4) is 5.75 Å². The molecule has 30 heavy (non-hydrogen) atoms. The summed E-state index contributed by atoms with van der Waals surface area (Å²) in [4.78, 5) is 12.7. The SMILES string of the molecule is COc1ccccc1[C@H](C)NC(=O)C1CCN(S(=O)(=O)Cc2cccc(C)c2)CC1. The molecule has 0 saturated carbocycles. The van der Waals surface area contributed by atoms with E-state index in [9.17, 15) is 13.2 Å². The van der Waals surface area contributed by atoms with Crippen molar-refractivity contribution in [2.75, 3.05) is 20.2 Å². The number of para-hydroxylation sites is 1. The van der Waals surface area contributed by atoms with Gasteiger partial charge in [0, 0.05) is 24.6 Å². The molecule has 0 aromatic heterocycles. The van der Waals surface area contributed by atoms with E-state index in [1.54, 1.807) is 7.11 Å². The van der Waals surface area contributed by atoms with Gasteiger partial charge in [0.25, 0.3) is 0 Å². The molecule has 2 aromatic carbocycles. The van der Waals surface area contributed by atoms with E-state index in [0.29, 0.717) is 25.9 Å². The van der Waals surface area contributed by atoms with E-state index >= 15 is 0 Å². The van der Waals surface area contributed by atoms with E-state index < -0.39 is 10.0 Å². The molecule has 1 amide bonds. The minimum Gasteiger partial charge on any atom is -0.496 e. The van der Waals surface area contributed by atoms with Crippen LogP contribution in [0.1, 0.15) is 42.5 Å². The summed E-state index contributed by atoms with van der Waals surface area (Å²) in [6.45, 7) is 4.62. The fourth-order valence-electron chi connectivity index (χ4n) is 3.93. The number of methoxy groups -OCH3 is 1. The summed E-state index contributed by atoms with van der Waals surface area (Å²) < 4.78 is 32.5. The highest BCUT2D eigenvalue weighted by atomic mass is 32.2. The van der Waals surface area contributed by atoms with Gasteiger partial charge in [-0.2, -0.15) is 0 Å². The predicted octanol–water partition coefficient (Wildman–Crippen LogP) is 3.42. The van der Waals surface area contributed by atoms with Gasteiger partial charge in [-0.1, -0.05) is 48.0 Å². The van der Waals surface area contributed by atoms with E-state index in [-0.39, 0.29) is 23.6 Å². The van der Waals surface area contributed by atoms with Crippen LogP contribution in [0.4, 0.5) is 0 Å². The average molecular weight is 431 g/mol. The number of aryl methyl sites for hydroxylation is 1. The van der Waals surface area contributed by atoms with Crippen LogP contribution in [0.3, 0.4) is 0 Å². The molecule has 1 fully saturated rings. The quantitative estimate of drug-likeness (QED) is 0.730. The second kappa shape index (κ2) is 9.62. The van der Waals surface area contributed by atoms with Gasteiger partial charge >= 0.3 is 0 Å². The maximum Gasteiger partial charge on any atom is 0.223 e. The monoisotopic (exact) mass is 430 g/mol. The third-order valence-electron chi connectivity index (χ3n) is 5.61. The Kier molecular flexibility index (Phi) is 7.15. The summed E-state index contributed by atoms with van der Waals surface area (Å²) in [6, 6.07) is 15.0. The van der Waals surface area contributed by atoms with E-state index in [1.165, 1.54) is 4.31 Å². The lowest BCUT2D eigenvalue weighted by Gasteiger charge is -2.31. The van der Waals surface area contributed by atoms with Gasteiger partial charge in [-0.15, -0.1) is 0 Å².